The summed E-state index contributed by atoms with van der Waals surface area (Å²) in [6.07, 6.45) is -0.691. The molecule has 0 aromatic heterocycles. The van der Waals surface area contributed by atoms with Gasteiger partial charge < -0.3 is 20.1 Å². The lowest BCUT2D eigenvalue weighted by Crippen LogP contribution is -2.46. The van der Waals surface area contributed by atoms with Crippen molar-refractivity contribution in [2.75, 3.05) is 5.32 Å². The molecule has 0 saturated heterocycles. The molecule has 0 heterocycles. The monoisotopic (exact) mass is 538 g/mol. The zero-order valence-corrected chi connectivity index (χ0v) is 20.0. The first-order valence-corrected chi connectivity index (χ1v) is 11.0. The molecule has 2 aromatic carbocycles. The van der Waals surface area contributed by atoms with Crippen LogP contribution in [0.4, 0.5) is 10.5 Å². The third-order valence-electron chi connectivity index (χ3n) is 4.00. The lowest BCUT2D eigenvalue weighted by molar-refractivity contribution is -0.145. The molecular weight excluding hydrogens is 511 g/mol. The van der Waals surface area contributed by atoms with Gasteiger partial charge in [-0.15, -0.1) is 0 Å². The standard InChI is InChI=1S/C23H27IN2O5/c1-23(2,3)31-22(29)26-19(21(28)25-18-11-9-17(24)10-12-18)13-14-20(27)30-15-16-7-5-4-6-8-16/h4-12,19H,13-15H2,1-3H3,(H,25,28)(H,26,29). The van der Waals surface area contributed by atoms with Gasteiger partial charge in [-0.2, -0.15) is 0 Å². The molecule has 2 rings (SSSR count). The van der Waals surface area contributed by atoms with Crippen molar-refractivity contribution in [2.24, 2.45) is 0 Å². The fraction of sp³-hybridized carbons (Fsp3) is 0.348. The Morgan fingerprint density at radius 1 is 1.00 bits per heavy atom. The summed E-state index contributed by atoms with van der Waals surface area (Å²) < 4.78 is 11.5. The van der Waals surface area contributed by atoms with Crippen molar-refractivity contribution in [1.82, 2.24) is 5.32 Å². The van der Waals surface area contributed by atoms with Crippen molar-refractivity contribution in [2.45, 2.75) is 51.9 Å². The smallest absolute Gasteiger partial charge is 0.408 e. The highest BCUT2D eigenvalue weighted by molar-refractivity contribution is 14.1. The molecule has 0 aliphatic rings. The van der Waals surface area contributed by atoms with Gasteiger partial charge in [-0.05, 0) is 79.6 Å². The molecule has 0 bridgehead atoms. The molecule has 0 aliphatic heterocycles. The minimum absolute atomic E-state index is 0.0343. The number of halogens is 1. The van der Waals surface area contributed by atoms with Gasteiger partial charge in [-0.25, -0.2) is 4.79 Å². The van der Waals surface area contributed by atoms with E-state index in [1.54, 1.807) is 32.9 Å². The van der Waals surface area contributed by atoms with Gasteiger partial charge in [0.15, 0.2) is 0 Å². The van der Waals surface area contributed by atoms with Crippen LogP contribution in [0.1, 0.15) is 39.2 Å². The van der Waals surface area contributed by atoms with E-state index < -0.39 is 29.6 Å². The van der Waals surface area contributed by atoms with Crippen LogP contribution in [-0.2, 0) is 25.7 Å². The van der Waals surface area contributed by atoms with Gasteiger partial charge in [0.25, 0.3) is 0 Å². The molecule has 0 aliphatic carbocycles. The summed E-state index contributed by atoms with van der Waals surface area (Å²) in [5.41, 5.74) is 0.749. The summed E-state index contributed by atoms with van der Waals surface area (Å²) in [6.45, 7) is 5.34. The summed E-state index contributed by atoms with van der Waals surface area (Å²) >= 11 is 2.17. The number of benzene rings is 2. The first kappa shape index (κ1) is 24.6. The molecule has 8 heteroatoms. The Kier molecular flexibility index (Phi) is 9.29. The summed E-state index contributed by atoms with van der Waals surface area (Å²) in [7, 11) is 0. The second-order valence-electron chi connectivity index (χ2n) is 7.88. The van der Waals surface area contributed by atoms with E-state index in [2.05, 4.69) is 33.2 Å². The van der Waals surface area contributed by atoms with E-state index in [-0.39, 0.29) is 19.4 Å². The van der Waals surface area contributed by atoms with Gasteiger partial charge in [0.2, 0.25) is 5.91 Å². The van der Waals surface area contributed by atoms with E-state index >= 15 is 0 Å². The number of alkyl carbamates (subject to hydrolysis) is 1. The zero-order chi connectivity index (χ0) is 22.9. The van der Waals surface area contributed by atoms with Crippen LogP contribution in [0.3, 0.4) is 0 Å². The van der Waals surface area contributed by atoms with Crippen molar-refractivity contribution in [1.29, 1.82) is 0 Å². The average Bonchev–Trinajstić information content (AvgIpc) is 2.70. The van der Waals surface area contributed by atoms with Crippen LogP contribution in [0.15, 0.2) is 54.6 Å². The number of hydrogen-bond donors (Lipinski definition) is 2. The lowest BCUT2D eigenvalue weighted by atomic mass is 10.1. The number of rotatable bonds is 8. The van der Waals surface area contributed by atoms with E-state index in [4.69, 9.17) is 9.47 Å². The highest BCUT2D eigenvalue weighted by Gasteiger charge is 2.25. The summed E-state index contributed by atoms with van der Waals surface area (Å²) in [4.78, 5) is 37.1. The van der Waals surface area contributed by atoms with Gasteiger partial charge in [0, 0.05) is 15.7 Å². The van der Waals surface area contributed by atoms with Crippen LogP contribution < -0.4 is 10.6 Å². The van der Waals surface area contributed by atoms with Crippen molar-refractivity contribution in [3.05, 3.63) is 63.7 Å². The van der Waals surface area contributed by atoms with Gasteiger partial charge >= 0.3 is 12.1 Å². The molecule has 166 valence electrons. The predicted molar refractivity (Wildman–Crippen MR) is 126 cm³/mol. The molecule has 1 unspecified atom stereocenters. The third-order valence-corrected chi connectivity index (χ3v) is 4.72. The minimum Gasteiger partial charge on any atom is -0.461 e. The molecule has 7 nitrogen and oxygen atoms in total. The second kappa shape index (κ2) is 11.7. The topological polar surface area (TPSA) is 93.7 Å². The van der Waals surface area contributed by atoms with Gasteiger partial charge in [-0.3, -0.25) is 9.59 Å². The first-order chi connectivity index (χ1) is 14.6. The average molecular weight is 538 g/mol. The van der Waals surface area contributed by atoms with E-state index in [9.17, 15) is 14.4 Å². The Bertz CT molecular complexity index is 879. The van der Waals surface area contributed by atoms with Gasteiger partial charge in [0.1, 0.15) is 18.2 Å². The number of esters is 1. The molecule has 2 N–H and O–H groups in total. The molecule has 0 spiro atoms. The number of amides is 2. The Balaban J connectivity index is 1.96. The third kappa shape index (κ3) is 9.82. The highest BCUT2D eigenvalue weighted by atomic mass is 127. The van der Waals surface area contributed by atoms with E-state index in [1.165, 1.54) is 0 Å². The van der Waals surface area contributed by atoms with Crippen LogP contribution in [0.5, 0.6) is 0 Å². The Morgan fingerprint density at radius 3 is 2.26 bits per heavy atom. The van der Waals surface area contributed by atoms with Crippen molar-refractivity contribution in [3.8, 4) is 0 Å². The maximum atomic E-state index is 12.8. The molecule has 0 radical (unpaired) electrons. The number of nitrogens with one attached hydrogen (secondary N) is 2. The Hall–Kier alpha value is -2.62. The number of carbonyl (C=O) groups excluding carboxylic acids is 3. The van der Waals surface area contributed by atoms with Crippen molar-refractivity contribution in [3.63, 3.8) is 0 Å². The quantitative estimate of drug-likeness (QED) is 0.377. The van der Waals surface area contributed by atoms with E-state index in [1.807, 2.05) is 42.5 Å². The van der Waals surface area contributed by atoms with Gasteiger partial charge in [0.05, 0.1) is 0 Å². The molecule has 31 heavy (non-hydrogen) atoms. The summed E-state index contributed by atoms with van der Waals surface area (Å²) in [5, 5.41) is 5.31. The van der Waals surface area contributed by atoms with Gasteiger partial charge in [-0.1, -0.05) is 30.3 Å². The molecular formula is C23H27IN2O5. The fourth-order valence-corrected chi connectivity index (χ4v) is 2.91. The molecule has 1 atom stereocenters. The Morgan fingerprint density at radius 2 is 1.65 bits per heavy atom. The highest BCUT2D eigenvalue weighted by Crippen LogP contribution is 2.13. The first-order valence-electron chi connectivity index (χ1n) is 9.88. The normalized spacial score (nSPS) is 11.9. The van der Waals surface area contributed by atoms with E-state index in [0.717, 1.165) is 9.13 Å². The SMILES string of the molecule is CC(C)(C)OC(=O)NC(CCC(=O)OCc1ccccc1)C(=O)Nc1ccc(I)cc1. The number of hydrogen-bond acceptors (Lipinski definition) is 5. The van der Waals surface area contributed by atoms with Crippen molar-refractivity contribution >= 4 is 46.2 Å². The van der Waals surface area contributed by atoms with Crippen LogP contribution in [0.2, 0.25) is 0 Å². The zero-order valence-electron chi connectivity index (χ0n) is 17.8. The predicted octanol–water partition coefficient (Wildman–Crippen LogP) is 4.65. The number of carbonyl (C=O) groups is 3. The van der Waals surface area contributed by atoms with Crippen LogP contribution in [-0.4, -0.2) is 29.6 Å². The van der Waals surface area contributed by atoms with E-state index in [0.29, 0.717) is 5.69 Å². The summed E-state index contributed by atoms with van der Waals surface area (Å²) in [6, 6.07) is 15.6. The largest absolute Gasteiger partial charge is 0.461 e. The van der Waals surface area contributed by atoms with Crippen LogP contribution in [0, 0.1) is 3.57 Å². The maximum absolute atomic E-state index is 12.8. The molecule has 2 aromatic rings. The number of ether oxygens (including phenoxy) is 2. The second-order valence-corrected chi connectivity index (χ2v) is 9.13. The fourth-order valence-electron chi connectivity index (χ4n) is 2.55. The lowest BCUT2D eigenvalue weighted by Gasteiger charge is -2.23. The Labute approximate surface area is 196 Å². The molecule has 0 fully saturated rings. The maximum Gasteiger partial charge on any atom is 0.408 e. The van der Waals surface area contributed by atoms with Crippen LogP contribution >= 0.6 is 22.6 Å². The summed E-state index contributed by atoms with van der Waals surface area (Å²) in [5.74, 6) is -0.898. The molecule has 2 amide bonds. The molecule has 0 saturated carbocycles. The van der Waals surface area contributed by atoms with Crippen LogP contribution in [0.25, 0.3) is 0 Å². The number of anilines is 1. The van der Waals surface area contributed by atoms with Crippen molar-refractivity contribution < 1.29 is 23.9 Å². The minimum atomic E-state index is -0.960.